The SMILES string of the molecule is CS(=O)(=O)NCCNc1cc(Br)cc(C(=O)O)c1. The van der Waals surface area contributed by atoms with Crippen LogP contribution >= 0.6 is 15.9 Å². The van der Waals surface area contributed by atoms with Crippen LogP contribution in [0.15, 0.2) is 22.7 Å². The Morgan fingerprint density at radius 2 is 2.00 bits per heavy atom. The number of benzene rings is 1. The molecule has 0 heterocycles. The second kappa shape index (κ2) is 6.17. The van der Waals surface area contributed by atoms with Gasteiger partial charge in [0, 0.05) is 23.2 Å². The predicted molar refractivity (Wildman–Crippen MR) is 72.4 cm³/mol. The number of carboxylic acid groups (broad SMARTS) is 1. The summed E-state index contributed by atoms with van der Waals surface area (Å²) >= 11 is 3.21. The van der Waals surface area contributed by atoms with Gasteiger partial charge < -0.3 is 10.4 Å². The maximum atomic E-state index is 10.8. The van der Waals surface area contributed by atoms with E-state index in [-0.39, 0.29) is 12.1 Å². The summed E-state index contributed by atoms with van der Waals surface area (Å²) in [6, 6.07) is 4.68. The summed E-state index contributed by atoms with van der Waals surface area (Å²) in [6.45, 7) is 0.594. The molecule has 0 unspecified atom stereocenters. The fourth-order valence-electron chi connectivity index (χ4n) is 1.26. The van der Waals surface area contributed by atoms with E-state index < -0.39 is 16.0 Å². The molecule has 0 aromatic heterocycles. The summed E-state index contributed by atoms with van der Waals surface area (Å²) in [5.41, 5.74) is 0.764. The van der Waals surface area contributed by atoms with Gasteiger partial charge in [0.1, 0.15) is 0 Å². The molecule has 0 aliphatic heterocycles. The Labute approximate surface area is 114 Å². The number of sulfonamides is 1. The van der Waals surface area contributed by atoms with Gasteiger partial charge >= 0.3 is 5.97 Å². The molecule has 0 fully saturated rings. The maximum absolute atomic E-state index is 10.8. The second-order valence-corrected chi connectivity index (χ2v) is 6.38. The van der Waals surface area contributed by atoms with E-state index in [0.29, 0.717) is 16.7 Å². The first-order chi connectivity index (χ1) is 8.28. The van der Waals surface area contributed by atoms with Crippen molar-refractivity contribution in [3.8, 4) is 0 Å². The zero-order valence-corrected chi connectivity index (χ0v) is 12.0. The van der Waals surface area contributed by atoms with E-state index in [2.05, 4.69) is 26.0 Å². The van der Waals surface area contributed by atoms with E-state index >= 15 is 0 Å². The van der Waals surface area contributed by atoms with Gasteiger partial charge in [-0.2, -0.15) is 0 Å². The van der Waals surface area contributed by atoms with E-state index in [1.165, 1.54) is 12.1 Å². The van der Waals surface area contributed by atoms with Gasteiger partial charge in [0.15, 0.2) is 0 Å². The third kappa shape index (κ3) is 5.48. The minimum Gasteiger partial charge on any atom is -0.478 e. The standard InChI is InChI=1S/C10H13BrN2O4S/c1-18(16,17)13-3-2-12-9-5-7(10(14)15)4-8(11)6-9/h4-6,12-13H,2-3H2,1H3,(H,14,15). The molecular weight excluding hydrogens is 324 g/mol. The lowest BCUT2D eigenvalue weighted by atomic mass is 10.2. The summed E-state index contributed by atoms with van der Waals surface area (Å²) in [6.07, 6.45) is 1.08. The Morgan fingerprint density at radius 1 is 1.33 bits per heavy atom. The van der Waals surface area contributed by atoms with E-state index in [1.54, 1.807) is 6.07 Å². The third-order valence-corrected chi connectivity index (χ3v) is 3.15. The smallest absolute Gasteiger partial charge is 0.335 e. The third-order valence-electron chi connectivity index (χ3n) is 1.96. The molecule has 1 aromatic rings. The summed E-state index contributed by atoms with van der Waals surface area (Å²) in [5.74, 6) is -1.02. The highest BCUT2D eigenvalue weighted by molar-refractivity contribution is 9.10. The largest absolute Gasteiger partial charge is 0.478 e. The number of carboxylic acids is 1. The predicted octanol–water partition coefficient (Wildman–Crippen LogP) is 1.11. The Balaban J connectivity index is 2.60. The number of anilines is 1. The Bertz CT molecular complexity index is 545. The van der Waals surface area contributed by atoms with Gasteiger partial charge in [0.25, 0.3) is 0 Å². The second-order valence-electron chi connectivity index (χ2n) is 3.63. The van der Waals surface area contributed by atoms with Gasteiger partial charge in [-0.3, -0.25) is 0 Å². The maximum Gasteiger partial charge on any atom is 0.335 e. The summed E-state index contributed by atoms with van der Waals surface area (Å²) in [7, 11) is -3.20. The molecule has 100 valence electrons. The Morgan fingerprint density at radius 3 is 2.56 bits per heavy atom. The molecule has 0 aliphatic rings. The molecule has 0 bridgehead atoms. The molecular formula is C10H13BrN2O4S. The molecule has 1 aromatic carbocycles. The van der Waals surface area contributed by atoms with Crippen molar-refractivity contribution in [2.75, 3.05) is 24.7 Å². The molecule has 0 atom stereocenters. The first kappa shape index (κ1) is 14.9. The van der Waals surface area contributed by atoms with Crippen molar-refractivity contribution in [2.45, 2.75) is 0 Å². The first-order valence-corrected chi connectivity index (χ1v) is 7.69. The lowest BCUT2D eigenvalue weighted by molar-refractivity contribution is 0.0697. The molecule has 6 nitrogen and oxygen atoms in total. The molecule has 8 heteroatoms. The summed E-state index contributed by atoms with van der Waals surface area (Å²) < 4.78 is 24.6. The molecule has 0 spiro atoms. The van der Waals surface area contributed by atoms with Crippen molar-refractivity contribution in [3.05, 3.63) is 28.2 Å². The normalized spacial score (nSPS) is 11.2. The Hall–Kier alpha value is -1.12. The van der Waals surface area contributed by atoms with Gasteiger partial charge in [-0.15, -0.1) is 0 Å². The lowest BCUT2D eigenvalue weighted by Gasteiger charge is -2.08. The van der Waals surface area contributed by atoms with E-state index in [0.717, 1.165) is 6.26 Å². The molecule has 0 radical (unpaired) electrons. The van der Waals surface area contributed by atoms with E-state index in [1.807, 2.05) is 0 Å². The fourth-order valence-corrected chi connectivity index (χ4v) is 2.22. The zero-order valence-electron chi connectivity index (χ0n) is 9.60. The Kier molecular flexibility index (Phi) is 5.12. The topological polar surface area (TPSA) is 95.5 Å². The quantitative estimate of drug-likeness (QED) is 0.676. The number of halogens is 1. The highest BCUT2D eigenvalue weighted by Crippen LogP contribution is 2.19. The molecule has 0 saturated carbocycles. The van der Waals surface area contributed by atoms with Crippen LogP contribution in [0.1, 0.15) is 10.4 Å². The molecule has 3 N–H and O–H groups in total. The van der Waals surface area contributed by atoms with Crippen molar-refractivity contribution < 1.29 is 18.3 Å². The number of hydrogen-bond donors (Lipinski definition) is 3. The van der Waals surface area contributed by atoms with E-state index in [4.69, 9.17) is 5.11 Å². The van der Waals surface area contributed by atoms with Crippen LogP contribution in [0.25, 0.3) is 0 Å². The number of aromatic carboxylic acids is 1. The first-order valence-electron chi connectivity index (χ1n) is 5.00. The van der Waals surface area contributed by atoms with Crippen molar-refractivity contribution in [2.24, 2.45) is 0 Å². The molecule has 18 heavy (non-hydrogen) atoms. The molecule has 0 amide bonds. The lowest BCUT2D eigenvalue weighted by Crippen LogP contribution is -2.27. The summed E-state index contributed by atoms with van der Waals surface area (Å²) in [5, 5.41) is 11.8. The van der Waals surface area contributed by atoms with Crippen LogP contribution in [-0.2, 0) is 10.0 Å². The average molecular weight is 337 g/mol. The number of rotatable bonds is 6. The number of carbonyl (C=O) groups is 1. The minimum atomic E-state index is -3.20. The zero-order chi connectivity index (χ0) is 13.8. The summed E-state index contributed by atoms with van der Waals surface area (Å²) in [4.78, 5) is 10.8. The van der Waals surface area contributed by atoms with Crippen LogP contribution in [0.5, 0.6) is 0 Å². The molecule has 0 saturated heterocycles. The van der Waals surface area contributed by atoms with Crippen LogP contribution in [0, 0.1) is 0 Å². The van der Waals surface area contributed by atoms with Crippen LogP contribution in [0.4, 0.5) is 5.69 Å². The number of hydrogen-bond acceptors (Lipinski definition) is 4. The highest BCUT2D eigenvalue weighted by Gasteiger charge is 2.06. The van der Waals surface area contributed by atoms with Gasteiger partial charge in [0.2, 0.25) is 10.0 Å². The average Bonchev–Trinajstić information content (AvgIpc) is 2.22. The van der Waals surface area contributed by atoms with Crippen LogP contribution in [-0.4, -0.2) is 38.8 Å². The van der Waals surface area contributed by atoms with Crippen molar-refractivity contribution in [1.82, 2.24) is 4.72 Å². The highest BCUT2D eigenvalue weighted by atomic mass is 79.9. The van der Waals surface area contributed by atoms with Gasteiger partial charge in [-0.1, -0.05) is 15.9 Å². The van der Waals surface area contributed by atoms with Crippen LogP contribution in [0.3, 0.4) is 0 Å². The van der Waals surface area contributed by atoms with E-state index in [9.17, 15) is 13.2 Å². The van der Waals surface area contributed by atoms with Crippen molar-refractivity contribution in [3.63, 3.8) is 0 Å². The molecule has 1 rings (SSSR count). The van der Waals surface area contributed by atoms with Crippen molar-refractivity contribution in [1.29, 1.82) is 0 Å². The van der Waals surface area contributed by atoms with Gasteiger partial charge in [-0.05, 0) is 18.2 Å². The molecule has 0 aliphatic carbocycles. The van der Waals surface area contributed by atoms with Gasteiger partial charge in [-0.25, -0.2) is 17.9 Å². The van der Waals surface area contributed by atoms with Gasteiger partial charge in [0.05, 0.1) is 11.8 Å². The van der Waals surface area contributed by atoms with Crippen molar-refractivity contribution >= 4 is 37.6 Å². The van der Waals surface area contributed by atoms with Crippen LogP contribution < -0.4 is 10.0 Å². The monoisotopic (exact) mass is 336 g/mol. The van der Waals surface area contributed by atoms with Crippen LogP contribution in [0.2, 0.25) is 0 Å². The fraction of sp³-hybridized carbons (Fsp3) is 0.300. The minimum absolute atomic E-state index is 0.156. The number of nitrogens with one attached hydrogen (secondary N) is 2.